The highest BCUT2D eigenvalue weighted by Crippen LogP contribution is 2.24. The number of nitrogens with one attached hydrogen (secondary N) is 3. The Kier molecular flexibility index (Phi) is 5.96. The summed E-state index contributed by atoms with van der Waals surface area (Å²) in [6.45, 7) is 3.06. The maximum absolute atomic E-state index is 13.1. The maximum Gasteiger partial charge on any atom is 0.270 e. The molecule has 1 aromatic carbocycles. The summed E-state index contributed by atoms with van der Waals surface area (Å²) >= 11 is 0. The van der Waals surface area contributed by atoms with Crippen molar-refractivity contribution in [3.8, 4) is 0 Å². The number of hydrogen-bond donors (Lipinski definition) is 4. The van der Waals surface area contributed by atoms with Gasteiger partial charge in [-0.15, -0.1) is 0 Å². The number of carbonyl (C=O) groups is 1. The van der Waals surface area contributed by atoms with Crippen molar-refractivity contribution >= 4 is 23.0 Å². The molecule has 3 rings (SSSR count). The second-order valence-electron chi connectivity index (χ2n) is 6.73. The van der Waals surface area contributed by atoms with Crippen LogP contribution >= 0.6 is 0 Å². The van der Waals surface area contributed by atoms with E-state index in [1.165, 1.54) is 0 Å². The minimum absolute atomic E-state index is 0.0235. The van der Waals surface area contributed by atoms with Crippen molar-refractivity contribution in [1.29, 1.82) is 5.41 Å². The number of hydrogen-bond acceptors (Lipinski definition) is 4. The van der Waals surface area contributed by atoms with Gasteiger partial charge in [0.15, 0.2) is 0 Å². The molecule has 0 saturated carbocycles. The molecule has 1 aliphatic rings. The lowest BCUT2D eigenvalue weighted by Gasteiger charge is -2.34. The number of H-pyrrole nitrogens is 1. The summed E-state index contributed by atoms with van der Waals surface area (Å²) in [6, 6.07) is 9.94. The largest absolute Gasteiger partial charge is 0.515 e. The van der Waals surface area contributed by atoms with Crippen LogP contribution in [0.3, 0.4) is 0 Å². The molecule has 6 nitrogen and oxygen atoms in total. The Morgan fingerprint density at radius 2 is 2.26 bits per heavy atom. The summed E-state index contributed by atoms with van der Waals surface area (Å²) in [5.41, 5.74) is 3.16. The van der Waals surface area contributed by atoms with Gasteiger partial charge in [-0.3, -0.25) is 4.79 Å². The van der Waals surface area contributed by atoms with Crippen molar-refractivity contribution in [2.45, 2.75) is 32.2 Å². The van der Waals surface area contributed by atoms with Crippen LogP contribution in [0.25, 0.3) is 10.9 Å². The molecule has 1 aliphatic carbocycles. The molecule has 4 N–H and O–H groups in total. The van der Waals surface area contributed by atoms with Gasteiger partial charge in [0.2, 0.25) is 0 Å². The fourth-order valence-electron chi connectivity index (χ4n) is 3.56. The zero-order valence-electron chi connectivity index (χ0n) is 15.5. The Balaban J connectivity index is 1.70. The number of amides is 1. The normalized spacial score (nSPS) is 17.4. The van der Waals surface area contributed by atoms with Gasteiger partial charge in [0, 0.05) is 53.9 Å². The molecule has 0 aliphatic heterocycles. The van der Waals surface area contributed by atoms with Crippen molar-refractivity contribution in [2.24, 2.45) is 0 Å². The van der Waals surface area contributed by atoms with Crippen LogP contribution in [0.2, 0.25) is 0 Å². The Morgan fingerprint density at radius 1 is 1.44 bits per heavy atom. The topological polar surface area (TPSA) is 92.2 Å². The number of aliphatic hydroxyl groups excluding tert-OH is 1. The molecular formula is C21H26N4O2. The second kappa shape index (κ2) is 8.58. The molecule has 27 heavy (non-hydrogen) atoms. The molecule has 0 radical (unpaired) electrons. The van der Waals surface area contributed by atoms with E-state index in [1.54, 1.807) is 0 Å². The van der Waals surface area contributed by atoms with E-state index < -0.39 is 0 Å². The lowest BCUT2D eigenvalue weighted by molar-refractivity contribution is 0.0669. The highest BCUT2D eigenvalue weighted by molar-refractivity contribution is 5.98. The third-order valence-electron chi connectivity index (χ3n) is 5.02. The number of aromatic nitrogens is 1. The molecule has 0 saturated heterocycles. The Bertz CT molecular complexity index is 848. The highest BCUT2D eigenvalue weighted by Gasteiger charge is 2.27. The number of carbonyl (C=O) groups excluding carboxylic acids is 1. The number of nitrogens with zero attached hydrogens (tertiary/aromatic N) is 1. The monoisotopic (exact) mass is 366 g/mol. The number of fused-ring (bicyclic) bond motifs is 1. The van der Waals surface area contributed by atoms with Crippen molar-refractivity contribution in [3.05, 3.63) is 59.6 Å². The van der Waals surface area contributed by atoms with Gasteiger partial charge in [0.05, 0.1) is 6.26 Å². The molecule has 2 aromatic rings. The van der Waals surface area contributed by atoms with E-state index in [4.69, 9.17) is 10.5 Å². The first-order valence-electron chi connectivity index (χ1n) is 9.31. The number of aromatic amines is 1. The lowest BCUT2D eigenvalue weighted by atomic mass is 9.96. The third kappa shape index (κ3) is 4.22. The second-order valence-corrected chi connectivity index (χ2v) is 6.73. The summed E-state index contributed by atoms with van der Waals surface area (Å²) in [6.07, 6.45) is 6.78. The summed E-state index contributed by atoms with van der Waals surface area (Å²) in [4.78, 5) is 18.3. The number of para-hydroxylation sites is 1. The number of allylic oxidation sites excluding steroid dienone is 1. The molecular weight excluding hydrogens is 340 g/mol. The standard InChI is InChI=1S/C21H26N4O2/c1-2-25(21(27)20-10-16-6-3-4-9-19(16)24-20)18-8-5-7-17(11-18)23-13-15(12-22)14-26/h3-4,6-7,9-10,12,14,18,22-24,26H,2,5,8,11,13H2,1H3/b15-14+,22-12?/t18-/m0/s1. The predicted octanol–water partition coefficient (Wildman–Crippen LogP) is 3.75. The Hall–Kier alpha value is -3.02. The van der Waals surface area contributed by atoms with Crippen LogP contribution in [-0.4, -0.2) is 46.2 Å². The van der Waals surface area contributed by atoms with Crippen molar-refractivity contribution in [1.82, 2.24) is 15.2 Å². The lowest BCUT2D eigenvalue weighted by Crippen LogP contribution is -2.42. The summed E-state index contributed by atoms with van der Waals surface area (Å²) < 4.78 is 0. The van der Waals surface area contributed by atoms with Gasteiger partial charge in [0.25, 0.3) is 5.91 Å². The van der Waals surface area contributed by atoms with Crippen LogP contribution < -0.4 is 5.32 Å². The van der Waals surface area contributed by atoms with Gasteiger partial charge >= 0.3 is 0 Å². The zero-order valence-corrected chi connectivity index (χ0v) is 15.5. The summed E-state index contributed by atoms with van der Waals surface area (Å²) in [5.74, 6) is 0.0235. The van der Waals surface area contributed by atoms with Gasteiger partial charge in [-0.25, -0.2) is 0 Å². The first-order valence-corrected chi connectivity index (χ1v) is 9.31. The molecule has 1 atom stereocenters. The van der Waals surface area contributed by atoms with Crippen LogP contribution in [0.1, 0.15) is 36.7 Å². The molecule has 0 fully saturated rings. The molecule has 0 spiro atoms. The molecule has 0 unspecified atom stereocenters. The molecule has 1 heterocycles. The fourth-order valence-corrected chi connectivity index (χ4v) is 3.56. The van der Waals surface area contributed by atoms with Gasteiger partial charge in [-0.05, 0) is 31.9 Å². The van der Waals surface area contributed by atoms with Crippen molar-refractivity contribution in [3.63, 3.8) is 0 Å². The number of aliphatic hydroxyl groups is 1. The third-order valence-corrected chi connectivity index (χ3v) is 5.02. The van der Waals surface area contributed by atoms with Crippen LogP contribution in [-0.2, 0) is 0 Å². The number of benzene rings is 1. The summed E-state index contributed by atoms with van der Waals surface area (Å²) in [5, 5.41) is 20.6. The van der Waals surface area contributed by atoms with E-state index in [1.807, 2.05) is 42.2 Å². The first-order chi connectivity index (χ1) is 13.2. The molecule has 0 bridgehead atoms. The quantitative estimate of drug-likeness (QED) is 0.444. The van der Waals surface area contributed by atoms with E-state index in [9.17, 15) is 4.79 Å². The van der Waals surface area contributed by atoms with Crippen LogP contribution in [0.5, 0.6) is 0 Å². The zero-order chi connectivity index (χ0) is 19.2. The first kappa shape index (κ1) is 18.8. The average molecular weight is 366 g/mol. The SMILES string of the molecule is CCN(C(=O)c1cc2ccccc2[nH]1)[C@H]1CCC=C(NC/C(C=N)=C/O)C1. The Morgan fingerprint density at radius 3 is 2.96 bits per heavy atom. The van der Waals surface area contributed by atoms with E-state index in [0.29, 0.717) is 24.4 Å². The van der Waals surface area contributed by atoms with Gasteiger partial charge in [-0.2, -0.15) is 0 Å². The minimum Gasteiger partial charge on any atom is -0.515 e. The van der Waals surface area contributed by atoms with Crippen molar-refractivity contribution < 1.29 is 9.90 Å². The molecule has 1 aromatic heterocycles. The molecule has 6 heteroatoms. The minimum atomic E-state index is 0.0235. The molecule has 142 valence electrons. The van der Waals surface area contributed by atoms with E-state index in [-0.39, 0.29) is 11.9 Å². The molecule has 1 amide bonds. The fraction of sp³-hybridized carbons (Fsp3) is 0.333. The Labute approximate surface area is 159 Å². The number of rotatable bonds is 7. The van der Waals surface area contributed by atoms with Crippen molar-refractivity contribution in [2.75, 3.05) is 13.1 Å². The smallest absolute Gasteiger partial charge is 0.270 e. The van der Waals surface area contributed by atoms with Crippen LogP contribution in [0, 0.1) is 5.41 Å². The van der Waals surface area contributed by atoms with E-state index in [2.05, 4.69) is 16.4 Å². The van der Waals surface area contributed by atoms with Gasteiger partial charge < -0.3 is 25.7 Å². The highest BCUT2D eigenvalue weighted by atomic mass is 16.2. The van der Waals surface area contributed by atoms with Gasteiger partial charge in [-0.1, -0.05) is 24.3 Å². The van der Waals surface area contributed by atoms with E-state index >= 15 is 0 Å². The van der Waals surface area contributed by atoms with Gasteiger partial charge in [0.1, 0.15) is 5.69 Å². The maximum atomic E-state index is 13.1. The average Bonchev–Trinajstić information content (AvgIpc) is 3.14. The van der Waals surface area contributed by atoms with Crippen LogP contribution in [0.15, 0.2) is 53.9 Å². The summed E-state index contributed by atoms with van der Waals surface area (Å²) in [7, 11) is 0. The predicted molar refractivity (Wildman–Crippen MR) is 108 cm³/mol. The van der Waals surface area contributed by atoms with Crippen LogP contribution in [0.4, 0.5) is 0 Å². The van der Waals surface area contributed by atoms with E-state index in [0.717, 1.165) is 48.3 Å².